The molecule has 3 aromatic rings. The first kappa shape index (κ1) is 23.0. The molecule has 1 fully saturated rings. The second-order valence-corrected chi connectivity index (χ2v) is 8.87. The van der Waals surface area contributed by atoms with Crippen LogP contribution in [0.1, 0.15) is 49.8 Å². The molecule has 33 heavy (non-hydrogen) atoms. The lowest BCUT2D eigenvalue weighted by Gasteiger charge is -2.20. The Hall–Kier alpha value is -3.21. The number of hydrogen-bond donors (Lipinski definition) is 2. The van der Waals surface area contributed by atoms with Crippen molar-refractivity contribution >= 4 is 35.3 Å². The Kier molecular flexibility index (Phi) is 7.38. The molecule has 1 saturated heterocycles. The Labute approximate surface area is 197 Å². The van der Waals surface area contributed by atoms with Crippen LogP contribution in [0, 0.1) is 6.92 Å². The molecule has 10 nitrogen and oxygen atoms in total. The summed E-state index contributed by atoms with van der Waals surface area (Å²) in [5.41, 5.74) is 7.93. The number of likely N-dealkylation sites (tertiary alicyclic amines) is 1. The topological polar surface area (TPSA) is 128 Å². The number of benzene rings is 1. The summed E-state index contributed by atoms with van der Waals surface area (Å²) < 4.78 is 2.04. The van der Waals surface area contributed by atoms with Gasteiger partial charge in [-0.3, -0.25) is 4.79 Å². The van der Waals surface area contributed by atoms with Crippen molar-refractivity contribution in [3.63, 3.8) is 0 Å². The number of hydrogen-bond acceptors (Lipinski definition) is 9. The van der Waals surface area contributed by atoms with Gasteiger partial charge in [-0.2, -0.15) is 15.0 Å². The molecule has 11 heteroatoms. The van der Waals surface area contributed by atoms with E-state index in [9.17, 15) is 4.79 Å². The minimum absolute atomic E-state index is 0.161. The number of nitrogen functional groups attached to an aromatic ring is 1. The number of rotatable bonds is 8. The number of nitrogens with zero attached hydrogens (tertiary/aromatic N) is 7. The molecule has 1 aliphatic heterocycles. The van der Waals surface area contributed by atoms with Crippen LogP contribution in [-0.4, -0.2) is 47.1 Å². The Morgan fingerprint density at radius 1 is 1.12 bits per heavy atom. The molecule has 0 spiro atoms. The molecule has 0 atom stereocenters. The fourth-order valence-electron chi connectivity index (χ4n) is 3.76. The molecule has 1 amide bonds. The van der Waals surface area contributed by atoms with E-state index in [2.05, 4.69) is 30.5 Å². The third-order valence-corrected chi connectivity index (χ3v) is 6.50. The Morgan fingerprint density at radius 3 is 2.79 bits per heavy atom. The number of para-hydroxylation sites is 1. The van der Waals surface area contributed by atoms with Gasteiger partial charge in [0, 0.05) is 25.2 Å². The van der Waals surface area contributed by atoms with E-state index in [0.717, 1.165) is 48.0 Å². The highest BCUT2D eigenvalue weighted by Crippen LogP contribution is 2.24. The predicted molar refractivity (Wildman–Crippen MR) is 128 cm³/mol. The Balaban J connectivity index is 1.45. The van der Waals surface area contributed by atoms with Gasteiger partial charge in [0.05, 0.1) is 12.3 Å². The van der Waals surface area contributed by atoms with Crippen molar-refractivity contribution < 1.29 is 4.79 Å². The third-order valence-electron chi connectivity index (χ3n) is 5.53. The van der Waals surface area contributed by atoms with Gasteiger partial charge in [-0.15, -0.1) is 10.2 Å². The number of aryl methyl sites for hydroxylation is 1. The van der Waals surface area contributed by atoms with Gasteiger partial charge in [0.1, 0.15) is 5.82 Å². The largest absolute Gasteiger partial charge is 0.368 e. The van der Waals surface area contributed by atoms with Gasteiger partial charge in [0.2, 0.25) is 17.8 Å². The van der Waals surface area contributed by atoms with Crippen LogP contribution in [0.25, 0.3) is 0 Å². The number of aromatic nitrogens is 6. The molecule has 0 unspecified atom stereocenters. The van der Waals surface area contributed by atoms with Crippen LogP contribution >= 0.6 is 11.8 Å². The molecule has 2 aromatic heterocycles. The third kappa shape index (κ3) is 5.78. The SMILES string of the molecule is CCn1c(CN2CCCCCC2=O)nnc1SCc1nc(N)nc(Nc2ccccc2C)n1. The number of anilines is 3. The van der Waals surface area contributed by atoms with Crippen molar-refractivity contribution in [3.8, 4) is 0 Å². The highest BCUT2D eigenvalue weighted by molar-refractivity contribution is 7.98. The lowest BCUT2D eigenvalue weighted by Crippen LogP contribution is -2.31. The number of carbonyl (C=O) groups excluding carboxylic acids is 1. The van der Waals surface area contributed by atoms with Crippen LogP contribution in [0.5, 0.6) is 0 Å². The van der Waals surface area contributed by atoms with Crippen LogP contribution in [0.3, 0.4) is 0 Å². The van der Waals surface area contributed by atoms with Crippen LogP contribution in [0.15, 0.2) is 29.4 Å². The summed E-state index contributed by atoms with van der Waals surface area (Å²) in [6.45, 7) is 6.04. The van der Waals surface area contributed by atoms with Crippen LogP contribution < -0.4 is 11.1 Å². The van der Waals surface area contributed by atoms with Gasteiger partial charge in [0.25, 0.3) is 0 Å². The molecule has 1 aromatic carbocycles. The molecular formula is C22H29N9OS. The maximum atomic E-state index is 12.4. The van der Waals surface area contributed by atoms with E-state index in [0.29, 0.717) is 37.0 Å². The number of carbonyl (C=O) groups is 1. The minimum atomic E-state index is 0.161. The minimum Gasteiger partial charge on any atom is -0.368 e. The standard InChI is InChI=1S/C22H29N9OS/c1-3-31-18(13-30-12-8-4-5-11-19(30)32)28-29-22(31)33-14-17-25-20(23)27-21(26-17)24-16-10-7-6-9-15(16)2/h6-7,9-10H,3-5,8,11-14H2,1-2H3,(H3,23,24,25,26,27). The lowest BCUT2D eigenvalue weighted by molar-refractivity contribution is -0.131. The lowest BCUT2D eigenvalue weighted by atomic mass is 10.2. The summed E-state index contributed by atoms with van der Waals surface area (Å²) in [5.74, 6) is 2.59. The number of nitrogens with one attached hydrogen (secondary N) is 1. The summed E-state index contributed by atoms with van der Waals surface area (Å²) in [6, 6.07) is 7.90. The molecule has 4 rings (SSSR count). The monoisotopic (exact) mass is 467 g/mol. The van der Waals surface area contributed by atoms with Gasteiger partial charge in [-0.25, -0.2) is 0 Å². The zero-order chi connectivity index (χ0) is 23.2. The Bertz CT molecular complexity index is 1120. The zero-order valence-electron chi connectivity index (χ0n) is 19.0. The van der Waals surface area contributed by atoms with Crippen molar-refractivity contribution in [2.75, 3.05) is 17.6 Å². The van der Waals surface area contributed by atoms with Gasteiger partial charge in [-0.05, 0) is 38.3 Å². The average molecular weight is 468 g/mol. The van der Waals surface area contributed by atoms with E-state index < -0.39 is 0 Å². The summed E-state index contributed by atoms with van der Waals surface area (Å²) in [4.78, 5) is 27.3. The van der Waals surface area contributed by atoms with Crippen molar-refractivity contribution in [1.82, 2.24) is 34.6 Å². The van der Waals surface area contributed by atoms with Gasteiger partial charge < -0.3 is 20.5 Å². The van der Waals surface area contributed by atoms with Crippen molar-refractivity contribution in [2.45, 2.75) is 63.5 Å². The maximum Gasteiger partial charge on any atom is 0.232 e. The number of amides is 1. The summed E-state index contributed by atoms with van der Waals surface area (Å²) in [7, 11) is 0. The molecule has 174 valence electrons. The van der Waals surface area contributed by atoms with Gasteiger partial charge in [-0.1, -0.05) is 36.4 Å². The number of nitrogens with two attached hydrogens (primary N) is 1. The normalized spacial score (nSPS) is 14.4. The van der Waals surface area contributed by atoms with E-state index in [1.165, 1.54) is 11.8 Å². The predicted octanol–water partition coefficient (Wildman–Crippen LogP) is 3.31. The van der Waals surface area contributed by atoms with Crippen LogP contribution in [0.2, 0.25) is 0 Å². The summed E-state index contributed by atoms with van der Waals surface area (Å²) in [5, 5.41) is 12.7. The first-order chi connectivity index (χ1) is 16.0. The highest BCUT2D eigenvalue weighted by atomic mass is 32.2. The van der Waals surface area contributed by atoms with E-state index >= 15 is 0 Å². The molecule has 3 N–H and O–H groups in total. The maximum absolute atomic E-state index is 12.4. The molecule has 0 saturated carbocycles. The summed E-state index contributed by atoms with van der Waals surface area (Å²) >= 11 is 1.49. The molecule has 1 aliphatic rings. The molecule has 0 radical (unpaired) electrons. The molecule has 0 bridgehead atoms. The molecule has 0 aliphatic carbocycles. The molecular weight excluding hydrogens is 438 g/mol. The van der Waals surface area contributed by atoms with E-state index in [4.69, 9.17) is 5.73 Å². The quantitative estimate of drug-likeness (QED) is 0.479. The first-order valence-electron chi connectivity index (χ1n) is 11.2. The fraction of sp³-hybridized carbons (Fsp3) is 0.455. The van der Waals surface area contributed by atoms with Crippen LogP contribution in [-0.2, 0) is 23.6 Å². The second kappa shape index (κ2) is 10.6. The summed E-state index contributed by atoms with van der Waals surface area (Å²) in [6.07, 6.45) is 3.71. The second-order valence-electron chi connectivity index (χ2n) is 7.93. The van der Waals surface area contributed by atoms with Gasteiger partial charge >= 0.3 is 0 Å². The molecule has 3 heterocycles. The highest BCUT2D eigenvalue weighted by Gasteiger charge is 2.21. The number of thioether (sulfide) groups is 1. The first-order valence-corrected chi connectivity index (χ1v) is 12.2. The van der Waals surface area contributed by atoms with Crippen LogP contribution in [0.4, 0.5) is 17.6 Å². The van der Waals surface area contributed by atoms with E-state index in [1.807, 2.05) is 47.6 Å². The Morgan fingerprint density at radius 2 is 1.97 bits per heavy atom. The van der Waals surface area contributed by atoms with Crippen molar-refractivity contribution in [3.05, 3.63) is 41.5 Å². The van der Waals surface area contributed by atoms with E-state index in [1.54, 1.807) is 0 Å². The fourth-order valence-corrected chi connectivity index (χ4v) is 4.63. The average Bonchev–Trinajstić information content (AvgIpc) is 3.07. The van der Waals surface area contributed by atoms with E-state index in [-0.39, 0.29) is 11.9 Å². The zero-order valence-corrected chi connectivity index (χ0v) is 19.8. The van der Waals surface area contributed by atoms with Crippen molar-refractivity contribution in [2.24, 2.45) is 0 Å². The van der Waals surface area contributed by atoms with Crippen molar-refractivity contribution in [1.29, 1.82) is 0 Å². The smallest absolute Gasteiger partial charge is 0.232 e. The van der Waals surface area contributed by atoms with Gasteiger partial charge in [0.15, 0.2) is 11.0 Å².